The number of imidazole rings is 1. The molecule has 1 aliphatic rings. The number of carbonyl (C=O) groups is 1. The number of aryl methyl sites for hydroxylation is 3. The molecule has 1 aliphatic carbocycles. The first-order valence-corrected chi connectivity index (χ1v) is 8.69. The summed E-state index contributed by atoms with van der Waals surface area (Å²) in [5, 5.41) is 3.61. The lowest BCUT2D eigenvalue weighted by Gasteiger charge is -2.06. The van der Waals surface area contributed by atoms with Gasteiger partial charge in [-0.1, -0.05) is 6.92 Å². The van der Waals surface area contributed by atoms with E-state index >= 15 is 0 Å². The van der Waals surface area contributed by atoms with Crippen molar-refractivity contribution in [3.63, 3.8) is 0 Å². The van der Waals surface area contributed by atoms with Crippen molar-refractivity contribution in [1.29, 1.82) is 0 Å². The third-order valence-electron chi connectivity index (χ3n) is 4.09. The van der Waals surface area contributed by atoms with E-state index in [1.807, 2.05) is 6.92 Å². The van der Waals surface area contributed by atoms with Crippen molar-refractivity contribution >= 4 is 33.5 Å². The second-order valence-corrected chi connectivity index (χ2v) is 6.73. The predicted octanol–water partition coefficient (Wildman–Crippen LogP) is 3.11. The molecular formula is C16H17N5OS. The number of carbonyl (C=O) groups excluding carboxylic acids is 1. The highest BCUT2D eigenvalue weighted by atomic mass is 32.1. The molecule has 23 heavy (non-hydrogen) atoms. The minimum absolute atomic E-state index is 0.171. The number of fused-ring (bicyclic) bond motifs is 2. The van der Waals surface area contributed by atoms with Crippen molar-refractivity contribution in [3.8, 4) is 0 Å². The van der Waals surface area contributed by atoms with E-state index in [1.54, 1.807) is 23.6 Å². The molecule has 3 aromatic rings. The molecule has 0 aliphatic heterocycles. The largest absolute Gasteiger partial charge is 0.340 e. The molecule has 0 saturated heterocycles. The molecule has 0 aromatic carbocycles. The maximum atomic E-state index is 12.6. The molecule has 0 saturated carbocycles. The first kappa shape index (κ1) is 14.3. The summed E-state index contributed by atoms with van der Waals surface area (Å²) in [6, 6.07) is 1.71. The highest BCUT2D eigenvalue weighted by molar-refractivity contribution is 7.15. The summed E-state index contributed by atoms with van der Waals surface area (Å²) in [7, 11) is 0. The monoisotopic (exact) mass is 327 g/mol. The van der Waals surface area contributed by atoms with Gasteiger partial charge in [-0.25, -0.2) is 15.0 Å². The molecule has 1 amide bonds. The standard InChI is InChI=1S/C16H17N5OS/c1-2-12-19-13-9(7-8-17-14(13)20-12)15(22)21-16-18-10-5-3-4-6-11(10)23-16/h7-8H,2-6H2,1H3,(H,17,19,20)(H,18,21,22). The average Bonchev–Trinajstić information content (AvgIpc) is 3.16. The van der Waals surface area contributed by atoms with E-state index in [0.717, 1.165) is 30.8 Å². The molecule has 3 heterocycles. The number of H-pyrrole nitrogens is 1. The lowest BCUT2D eigenvalue weighted by atomic mass is 10.0. The lowest BCUT2D eigenvalue weighted by Crippen LogP contribution is -2.12. The number of hydrogen-bond acceptors (Lipinski definition) is 5. The second kappa shape index (κ2) is 5.73. The maximum absolute atomic E-state index is 12.6. The molecule has 2 N–H and O–H groups in total. The number of aromatic nitrogens is 4. The Morgan fingerprint density at radius 1 is 1.35 bits per heavy atom. The zero-order valence-electron chi connectivity index (χ0n) is 12.8. The molecule has 3 aromatic heterocycles. The highest BCUT2D eigenvalue weighted by Gasteiger charge is 2.19. The first-order valence-electron chi connectivity index (χ1n) is 7.88. The summed E-state index contributed by atoms with van der Waals surface area (Å²) in [4.78, 5) is 30.3. The summed E-state index contributed by atoms with van der Waals surface area (Å²) < 4.78 is 0. The summed E-state index contributed by atoms with van der Waals surface area (Å²) in [5.74, 6) is 0.660. The fraction of sp³-hybridized carbons (Fsp3) is 0.375. The maximum Gasteiger partial charge on any atom is 0.259 e. The van der Waals surface area contributed by atoms with Crippen LogP contribution in [0.5, 0.6) is 0 Å². The third kappa shape index (κ3) is 2.61. The van der Waals surface area contributed by atoms with Gasteiger partial charge in [0.1, 0.15) is 5.82 Å². The molecule has 0 fully saturated rings. The van der Waals surface area contributed by atoms with Crippen molar-refractivity contribution in [3.05, 3.63) is 34.2 Å². The van der Waals surface area contributed by atoms with Crippen LogP contribution in [0.1, 0.15) is 46.5 Å². The van der Waals surface area contributed by atoms with E-state index in [9.17, 15) is 4.79 Å². The molecule has 0 bridgehead atoms. The summed E-state index contributed by atoms with van der Waals surface area (Å²) >= 11 is 1.59. The smallest absolute Gasteiger partial charge is 0.259 e. The molecule has 4 rings (SSSR count). The number of nitrogens with one attached hydrogen (secondary N) is 2. The average molecular weight is 327 g/mol. The van der Waals surface area contributed by atoms with Crippen LogP contribution in [-0.2, 0) is 19.3 Å². The topological polar surface area (TPSA) is 83.6 Å². The Bertz CT molecular complexity index is 858. The minimum atomic E-state index is -0.171. The van der Waals surface area contributed by atoms with E-state index in [0.29, 0.717) is 21.9 Å². The molecule has 0 atom stereocenters. The van der Waals surface area contributed by atoms with E-state index < -0.39 is 0 Å². The van der Waals surface area contributed by atoms with Crippen molar-refractivity contribution in [1.82, 2.24) is 19.9 Å². The molecule has 0 radical (unpaired) electrons. The fourth-order valence-electron chi connectivity index (χ4n) is 2.89. The van der Waals surface area contributed by atoms with Gasteiger partial charge >= 0.3 is 0 Å². The second-order valence-electron chi connectivity index (χ2n) is 5.64. The van der Waals surface area contributed by atoms with Gasteiger partial charge in [0.25, 0.3) is 5.91 Å². The van der Waals surface area contributed by atoms with E-state index in [-0.39, 0.29) is 5.91 Å². The first-order chi connectivity index (χ1) is 11.2. The number of pyridine rings is 1. The Kier molecular flexibility index (Phi) is 3.57. The molecule has 0 spiro atoms. The van der Waals surface area contributed by atoms with Crippen molar-refractivity contribution < 1.29 is 4.79 Å². The van der Waals surface area contributed by atoms with Crippen LogP contribution in [0.3, 0.4) is 0 Å². The van der Waals surface area contributed by atoms with Crippen LogP contribution in [-0.4, -0.2) is 25.8 Å². The molecule has 6 nitrogen and oxygen atoms in total. The van der Waals surface area contributed by atoms with E-state index in [1.165, 1.54) is 17.7 Å². The molecule has 118 valence electrons. The number of aromatic amines is 1. The van der Waals surface area contributed by atoms with Crippen LogP contribution in [0.2, 0.25) is 0 Å². The zero-order valence-corrected chi connectivity index (χ0v) is 13.7. The van der Waals surface area contributed by atoms with Crippen LogP contribution >= 0.6 is 11.3 Å². The molecular weight excluding hydrogens is 310 g/mol. The van der Waals surface area contributed by atoms with E-state index in [2.05, 4.69) is 25.3 Å². The van der Waals surface area contributed by atoms with Crippen LogP contribution in [0.15, 0.2) is 12.3 Å². The van der Waals surface area contributed by atoms with Crippen LogP contribution in [0.25, 0.3) is 11.2 Å². The Balaban J connectivity index is 1.64. The Labute approximate surface area is 137 Å². The van der Waals surface area contributed by atoms with Crippen LogP contribution < -0.4 is 5.32 Å². The minimum Gasteiger partial charge on any atom is -0.340 e. The van der Waals surface area contributed by atoms with Crippen molar-refractivity contribution in [2.75, 3.05) is 5.32 Å². The van der Waals surface area contributed by atoms with Gasteiger partial charge in [0.2, 0.25) is 0 Å². The number of nitrogens with zero attached hydrogens (tertiary/aromatic N) is 3. The summed E-state index contributed by atoms with van der Waals surface area (Å²) in [5.41, 5.74) is 2.96. The number of hydrogen-bond donors (Lipinski definition) is 2. The lowest BCUT2D eigenvalue weighted by molar-refractivity contribution is 0.102. The van der Waals surface area contributed by atoms with Gasteiger partial charge in [-0.15, -0.1) is 11.3 Å². The summed E-state index contributed by atoms with van der Waals surface area (Å²) in [6.45, 7) is 2.01. The number of amides is 1. The normalized spacial score (nSPS) is 14.0. The fourth-order valence-corrected chi connectivity index (χ4v) is 3.93. The summed E-state index contributed by atoms with van der Waals surface area (Å²) in [6.07, 6.45) is 6.87. The Morgan fingerprint density at radius 2 is 2.22 bits per heavy atom. The third-order valence-corrected chi connectivity index (χ3v) is 5.16. The predicted molar refractivity (Wildman–Crippen MR) is 90.0 cm³/mol. The van der Waals surface area contributed by atoms with Gasteiger partial charge in [0.15, 0.2) is 10.8 Å². The van der Waals surface area contributed by atoms with Gasteiger partial charge in [-0.05, 0) is 31.7 Å². The quantitative estimate of drug-likeness (QED) is 0.774. The zero-order chi connectivity index (χ0) is 15.8. The number of rotatable bonds is 3. The van der Waals surface area contributed by atoms with Gasteiger partial charge in [0.05, 0.1) is 16.8 Å². The number of anilines is 1. The van der Waals surface area contributed by atoms with Crippen LogP contribution in [0.4, 0.5) is 5.13 Å². The van der Waals surface area contributed by atoms with Crippen molar-refractivity contribution in [2.24, 2.45) is 0 Å². The van der Waals surface area contributed by atoms with Gasteiger partial charge < -0.3 is 4.98 Å². The van der Waals surface area contributed by atoms with E-state index in [4.69, 9.17) is 0 Å². The van der Waals surface area contributed by atoms with Gasteiger partial charge in [-0.2, -0.15) is 0 Å². The number of thiazole rings is 1. The Morgan fingerprint density at radius 3 is 3.04 bits per heavy atom. The van der Waals surface area contributed by atoms with Crippen molar-refractivity contribution in [2.45, 2.75) is 39.0 Å². The van der Waals surface area contributed by atoms with Gasteiger partial charge in [-0.3, -0.25) is 10.1 Å². The highest BCUT2D eigenvalue weighted by Crippen LogP contribution is 2.30. The van der Waals surface area contributed by atoms with Gasteiger partial charge in [0, 0.05) is 17.5 Å². The van der Waals surface area contributed by atoms with Crippen LogP contribution in [0, 0.1) is 0 Å². The molecule has 0 unspecified atom stereocenters. The molecule has 7 heteroatoms. The Hall–Kier alpha value is -2.28. The SMILES string of the molecule is CCc1nc2nccc(C(=O)Nc3nc4c(s3)CCCC4)c2[nH]1.